The highest BCUT2D eigenvalue weighted by atomic mass is 35.5. The van der Waals surface area contributed by atoms with Gasteiger partial charge in [-0.1, -0.05) is 17.7 Å². The first-order valence-electron chi connectivity index (χ1n) is 5.69. The number of rotatable bonds is 3. The summed E-state index contributed by atoms with van der Waals surface area (Å²) in [5, 5.41) is 14.3. The third-order valence-corrected chi connectivity index (χ3v) is 3.11. The number of aromatic amines is 1. The van der Waals surface area contributed by atoms with Gasteiger partial charge in [0.1, 0.15) is 17.2 Å². The van der Waals surface area contributed by atoms with Crippen LogP contribution in [-0.4, -0.2) is 20.4 Å². The molecule has 0 saturated carbocycles. The van der Waals surface area contributed by atoms with Gasteiger partial charge in [0, 0.05) is 10.6 Å². The average Bonchev–Trinajstić information content (AvgIpc) is 3.02. The number of nitrogens with two attached hydrogens (primary N) is 1. The smallest absolute Gasteiger partial charge is 0.253 e. The Morgan fingerprint density at radius 1 is 1.35 bits per heavy atom. The van der Waals surface area contributed by atoms with Crippen LogP contribution in [0.5, 0.6) is 0 Å². The topological polar surface area (TPSA) is 93.6 Å². The first-order chi connectivity index (χ1) is 9.65. The van der Waals surface area contributed by atoms with Gasteiger partial charge in [0.15, 0.2) is 0 Å². The highest BCUT2D eigenvalue weighted by Gasteiger charge is 2.16. The number of nitrogens with zero attached hydrogens (tertiary/aromatic N) is 3. The highest BCUT2D eigenvalue weighted by molar-refractivity contribution is 6.31. The third kappa shape index (κ3) is 2.23. The second-order valence-corrected chi connectivity index (χ2v) is 4.48. The molecule has 8 heteroatoms. The summed E-state index contributed by atoms with van der Waals surface area (Å²) in [5.74, 6) is 0.371. The van der Waals surface area contributed by atoms with Gasteiger partial charge in [0.2, 0.25) is 5.89 Å². The van der Waals surface area contributed by atoms with Crippen LogP contribution in [0.25, 0.3) is 11.5 Å². The van der Waals surface area contributed by atoms with Crippen LogP contribution in [0.2, 0.25) is 5.02 Å². The normalized spacial score (nSPS) is 10.9. The molecule has 3 aromatic rings. The van der Waals surface area contributed by atoms with Crippen molar-refractivity contribution in [2.24, 2.45) is 0 Å². The molecular formula is C12H9ClFN5O. The van der Waals surface area contributed by atoms with Crippen molar-refractivity contribution in [3.05, 3.63) is 46.7 Å². The van der Waals surface area contributed by atoms with Crippen LogP contribution in [0, 0.1) is 5.82 Å². The second-order valence-electron chi connectivity index (χ2n) is 4.08. The van der Waals surface area contributed by atoms with Crippen molar-refractivity contribution in [1.29, 1.82) is 0 Å². The number of hydrogen-bond acceptors (Lipinski definition) is 5. The van der Waals surface area contributed by atoms with Crippen molar-refractivity contribution >= 4 is 17.4 Å². The molecule has 3 N–H and O–H groups in total. The summed E-state index contributed by atoms with van der Waals surface area (Å²) in [6, 6.07) is 4.46. The van der Waals surface area contributed by atoms with Crippen molar-refractivity contribution < 1.29 is 8.81 Å². The van der Waals surface area contributed by atoms with E-state index in [0.29, 0.717) is 22.0 Å². The molecule has 0 unspecified atom stereocenters. The number of nitrogens with one attached hydrogen (secondary N) is 1. The molecule has 0 amide bonds. The van der Waals surface area contributed by atoms with Gasteiger partial charge in [-0.25, -0.2) is 4.39 Å². The Balaban J connectivity index is 1.90. The fourth-order valence-corrected chi connectivity index (χ4v) is 1.98. The van der Waals surface area contributed by atoms with Crippen LogP contribution in [0.4, 0.5) is 10.2 Å². The van der Waals surface area contributed by atoms with E-state index in [0.717, 1.165) is 0 Å². The van der Waals surface area contributed by atoms with E-state index in [1.165, 1.54) is 18.3 Å². The van der Waals surface area contributed by atoms with Gasteiger partial charge in [-0.3, -0.25) is 5.10 Å². The summed E-state index contributed by atoms with van der Waals surface area (Å²) >= 11 is 5.95. The zero-order valence-corrected chi connectivity index (χ0v) is 10.9. The zero-order chi connectivity index (χ0) is 14.1. The Labute approximate surface area is 117 Å². The quantitative estimate of drug-likeness (QED) is 0.773. The molecule has 0 atom stereocenters. The van der Waals surface area contributed by atoms with E-state index in [9.17, 15) is 4.39 Å². The van der Waals surface area contributed by atoms with E-state index in [-0.39, 0.29) is 18.2 Å². The Morgan fingerprint density at radius 3 is 2.90 bits per heavy atom. The van der Waals surface area contributed by atoms with Gasteiger partial charge in [-0.2, -0.15) is 5.10 Å². The van der Waals surface area contributed by atoms with E-state index < -0.39 is 5.82 Å². The van der Waals surface area contributed by atoms with Crippen LogP contribution in [0.3, 0.4) is 0 Å². The van der Waals surface area contributed by atoms with Crippen LogP contribution in [-0.2, 0) is 6.42 Å². The molecule has 0 spiro atoms. The minimum Gasteiger partial charge on any atom is -0.420 e. The largest absolute Gasteiger partial charge is 0.420 e. The van der Waals surface area contributed by atoms with Crippen molar-refractivity contribution in [3.63, 3.8) is 0 Å². The maximum absolute atomic E-state index is 13.7. The molecule has 0 aliphatic heterocycles. The summed E-state index contributed by atoms with van der Waals surface area (Å²) in [4.78, 5) is 0. The third-order valence-electron chi connectivity index (χ3n) is 2.76. The summed E-state index contributed by atoms with van der Waals surface area (Å²) in [6.07, 6.45) is 1.58. The molecule has 20 heavy (non-hydrogen) atoms. The molecule has 3 rings (SSSR count). The number of benzene rings is 1. The van der Waals surface area contributed by atoms with Gasteiger partial charge >= 0.3 is 0 Å². The number of anilines is 1. The lowest BCUT2D eigenvalue weighted by Crippen LogP contribution is -1.94. The number of nitrogen functional groups attached to an aromatic ring is 1. The Kier molecular flexibility index (Phi) is 3.11. The standard InChI is InChI=1S/C12H9ClFN5O/c13-8-2-1-3-9(14)6(8)4-10-17-19-12(20-10)7-5-16-18-11(7)15/h1-3,5H,4H2,(H3,15,16,18). The molecule has 102 valence electrons. The van der Waals surface area contributed by atoms with Crippen LogP contribution in [0.15, 0.2) is 28.8 Å². The molecule has 0 fully saturated rings. The molecule has 2 heterocycles. The molecule has 2 aromatic heterocycles. The Bertz CT molecular complexity index is 734. The fourth-order valence-electron chi connectivity index (χ4n) is 1.75. The summed E-state index contributed by atoms with van der Waals surface area (Å²) < 4.78 is 19.1. The minimum absolute atomic E-state index is 0.107. The summed E-state index contributed by atoms with van der Waals surface area (Å²) in [5.41, 5.74) is 6.47. The van der Waals surface area contributed by atoms with Gasteiger partial charge in [0.05, 0.1) is 12.6 Å². The van der Waals surface area contributed by atoms with Crippen LogP contribution < -0.4 is 5.73 Å². The fraction of sp³-hybridized carbons (Fsp3) is 0.0833. The number of H-pyrrole nitrogens is 1. The maximum atomic E-state index is 13.7. The van der Waals surface area contributed by atoms with Crippen molar-refractivity contribution in [3.8, 4) is 11.5 Å². The number of halogens is 2. The Hall–Kier alpha value is -2.41. The van der Waals surface area contributed by atoms with Crippen molar-refractivity contribution in [2.45, 2.75) is 6.42 Å². The van der Waals surface area contributed by atoms with Gasteiger partial charge < -0.3 is 10.2 Å². The van der Waals surface area contributed by atoms with Crippen LogP contribution >= 0.6 is 11.6 Å². The molecule has 0 bridgehead atoms. The zero-order valence-electron chi connectivity index (χ0n) is 10.1. The van der Waals surface area contributed by atoms with E-state index >= 15 is 0 Å². The maximum Gasteiger partial charge on any atom is 0.253 e. The lowest BCUT2D eigenvalue weighted by molar-refractivity contribution is 0.511. The molecule has 0 aliphatic carbocycles. The molecular weight excluding hydrogens is 285 g/mol. The average molecular weight is 294 g/mol. The first kappa shape index (κ1) is 12.6. The Morgan fingerprint density at radius 2 is 2.20 bits per heavy atom. The highest BCUT2D eigenvalue weighted by Crippen LogP contribution is 2.25. The molecule has 1 aromatic carbocycles. The number of aromatic nitrogens is 4. The van der Waals surface area contributed by atoms with E-state index in [2.05, 4.69) is 20.4 Å². The lowest BCUT2D eigenvalue weighted by Gasteiger charge is -2.01. The molecule has 0 radical (unpaired) electrons. The van der Waals surface area contributed by atoms with Crippen LogP contribution in [0.1, 0.15) is 11.5 Å². The van der Waals surface area contributed by atoms with E-state index in [4.69, 9.17) is 21.8 Å². The second kappa shape index (κ2) is 4.93. The summed E-state index contributed by atoms with van der Waals surface area (Å²) in [6.45, 7) is 0. The van der Waals surface area contributed by atoms with Gasteiger partial charge in [-0.05, 0) is 12.1 Å². The first-order valence-corrected chi connectivity index (χ1v) is 6.07. The van der Waals surface area contributed by atoms with Gasteiger partial charge in [0.25, 0.3) is 5.89 Å². The minimum atomic E-state index is -0.417. The SMILES string of the molecule is Nc1[nH]ncc1-c1nnc(Cc2c(F)cccc2Cl)o1. The monoisotopic (exact) mass is 293 g/mol. The molecule has 0 saturated heterocycles. The lowest BCUT2D eigenvalue weighted by atomic mass is 10.1. The summed E-state index contributed by atoms with van der Waals surface area (Å²) in [7, 11) is 0. The molecule has 6 nitrogen and oxygen atoms in total. The van der Waals surface area contributed by atoms with Gasteiger partial charge in [-0.15, -0.1) is 10.2 Å². The van der Waals surface area contributed by atoms with E-state index in [1.807, 2.05) is 0 Å². The van der Waals surface area contributed by atoms with E-state index in [1.54, 1.807) is 6.07 Å². The van der Waals surface area contributed by atoms with Crippen molar-refractivity contribution in [2.75, 3.05) is 5.73 Å². The van der Waals surface area contributed by atoms with Crippen molar-refractivity contribution in [1.82, 2.24) is 20.4 Å². The number of hydrogen-bond donors (Lipinski definition) is 2. The predicted molar refractivity (Wildman–Crippen MR) is 70.5 cm³/mol. The predicted octanol–water partition coefficient (Wildman–Crippen LogP) is 2.43. The molecule has 0 aliphatic rings.